The van der Waals surface area contributed by atoms with Gasteiger partial charge in [0.2, 0.25) is 0 Å². The first-order chi connectivity index (χ1) is 20.0. The molecule has 0 saturated heterocycles. The van der Waals surface area contributed by atoms with E-state index >= 15 is 0 Å². The van der Waals surface area contributed by atoms with Gasteiger partial charge in [-0.05, 0) is 18.8 Å². The van der Waals surface area contributed by atoms with E-state index in [4.69, 9.17) is 9.47 Å². The average molecular weight is 583 g/mol. The first-order valence-corrected chi connectivity index (χ1v) is 18.0. The predicted octanol–water partition coefficient (Wildman–Crippen LogP) is 10.6. The lowest BCUT2D eigenvalue weighted by Crippen LogP contribution is -2.28. The number of hydrogen-bond donors (Lipinski definition) is 1. The third-order valence-electron chi connectivity index (χ3n) is 8.44. The molecule has 2 atom stereocenters. The molecule has 0 heterocycles. The number of esters is 2. The molecule has 1 N–H and O–H groups in total. The molecule has 0 fully saturated rings. The molecule has 0 saturated carbocycles. The second-order valence-corrected chi connectivity index (χ2v) is 12.6. The Kier molecular flexibility index (Phi) is 31.0. The number of hydrogen-bond acceptors (Lipinski definition) is 5. The molecule has 41 heavy (non-hydrogen) atoms. The summed E-state index contributed by atoms with van der Waals surface area (Å²) < 4.78 is 10.6. The Bertz CT molecular complexity index is 564. The van der Waals surface area contributed by atoms with Gasteiger partial charge in [-0.15, -0.1) is 0 Å². The maximum absolute atomic E-state index is 12.1. The highest BCUT2D eigenvalue weighted by atomic mass is 16.6. The third kappa shape index (κ3) is 30.2. The number of ether oxygens (including phenoxy) is 2. The Morgan fingerprint density at radius 2 is 0.951 bits per heavy atom. The van der Waals surface area contributed by atoms with Crippen LogP contribution >= 0.6 is 0 Å². The van der Waals surface area contributed by atoms with Gasteiger partial charge in [-0.25, -0.2) is 0 Å². The van der Waals surface area contributed by atoms with Crippen LogP contribution in [-0.4, -0.2) is 36.4 Å². The molecule has 0 amide bonds. The van der Waals surface area contributed by atoms with Crippen molar-refractivity contribution in [3.8, 4) is 0 Å². The van der Waals surface area contributed by atoms with Crippen molar-refractivity contribution in [2.75, 3.05) is 13.2 Å². The molecule has 0 bridgehead atoms. The Balaban J connectivity index is 3.54. The summed E-state index contributed by atoms with van der Waals surface area (Å²) in [4.78, 5) is 24.1. The van der Waals surface area contributed by atoms with Crippen molar-refractivity contribution in [3.05, 3.63) is 0 Å². The zero-order valence-corrected chi connectivity index (χ0v) is 27.7. The summed E-state index contributed by atoms with van der Waals surface area (Å²) in [6.07, 6.45) is 31.5. The van der Waals surface area contributed by atoms with E-state index < -0.39 is 6.10 Å². The maximum atomic E-state index is 12.1. The van der Waals surface area contributed by atoms with Gasteiger partial charge in [0.15, 0.2) is 6.10 Å². The number of carbonyl (C=O) groups is 2. The number of aliphatic hydroxyl groups excluding tert-OH is 1. The van der Waals surface area contributed by atoms with Crippen LogP contribution in [0.4, 0.5) is 0 Å². The highest BCUT2D eigenvalue weighted by Crippen LogP contribution is 2.16. The second-order valence-electron chi connectivity index (χ2n) is 12.6. The lowest BCUT2D eigenvalue weighted by molar-refractivity contribution is -0.161. The van der Waals surface area contributed by atoms with E-state index in [1.165, 1.54) is 128 Å². The molecule has 0 aliphatic rings. The van der Waals surface area contributed by atoms with Gasteiger partial charge in [-0.3, -0.25) is 9.59 Å². The fraction of sp³-hybridized carbons (Fsp3) is 0.944. The number of aliphatic hydroxyl groups is 1. The average Bonchev–Trinajstić information content (AvgIpc) is 2.97. The van der Waals surface area contributed by atoms with Crippen LogP contribution in [0.5, 0.6) is 0 Å². The van der Waals surface area contributed by atoms with E-state index in [0.29, 0.717) is 12.8 Å². The molecule has 5 nitrogen and oxygen atoms in total. The number of rotatable bonds is 32. The van der Waals surface area contributed by atoms with Crippen molar-refractivity contribution >= 4 is 11.9 Å². The van der Waals surface area contributed by atoms with E-state index in [2.05, 4.69) is 20.8 Å². The maximum Gasteiger partial charge on any atom is 0.306 e. The Hall–Kier alpha value is -1.10. The molecular formula is C36H70O5. The summed E-state index contributed by atoms with van der Waals surface area (Å²) >= 11 is 0. The van der Waals surface area contributed by atoms with Crippen molar-refractivity contribution in [2.45, 2.75) is 200 Å². The quantitative estimate of drug-likeness (QED) is 0.0631. The summed E-state index contributed by atoms with van der Waals surface area (Å²) in [6.45, 7) is 6.51. The van der Waals surface area contributed by atoms with Crippen molar-refractivity contribution in [3.63, 3.8) is 0 Å². The lowest BCUT2D eigenvalue weighted by Gasteiger charge is -2.15. The van der Waals surface area contributed by atoms with Crippen molar-refractivity contribution < 1.29 is 24.2 Å². The normalized spacial score (nSPS) is 12.8. The monoisotopic (exact) mass is 583 g/mol. The minimum atomic E-state index is -0.761. The Morgan fingerprint density at radius 3 is 1.37 bits per heavy atom. The standard InChI is InChI=1S/C36H70O5/c1-4-6-7-8-9-10-11-12-13-17-20-23-26-29-35(38)40-32-34(31-37)41-36(39)30-27-24-21-18-15-14-16-19-22-25-28-33(3)5-2/h33-34,37H,4-32H2,1-3H3/t33?,34-/m0/s1. The van der Waals surface area contributed by atoms with Crippen LogP contribution in [0.1, 0.15) is 194 Å². The van der Waals surface area contributed by atoms with E-state index in [0.717, 1.165) is 38.0 Å². The van der Waals surface area contributed by atoms with Crippen molar-refractivity contribution in [1.29, 1.82) is 0 Å². The van der Waals surface area contributed by atoms with Crippen LogP contribution in [0.2, 0.25) is 0 Å². The van der Waals surface area contributed by atoms with Gasteiger partial charge in [0.1, 0.15) is 6.61 Å². The van der Waals surface area contributed by atoms with Crippen LogP contribution in [0.15, 0.2) is 0 Å². The minimum Gasteiger partial charge on any atom is -0.462 e. The number of carbonyl (C=O) groups excluding carboxylic acids is 2. The molecule has 0 aromatic carbocycles. The van der Waals surface area contributed by atoms with Crippen molar-refractivity contribution in [2.24, 2.45) is 5.92 Å². The summed E-state index contributed by atoms with van der Waals surface area (Å²) in [5.41, 5.74) is 0. The molecule has 0 spiro atoms. The predicted molar refractivity (Wildman–Crippen MR) is 173 cm³/mol. The van der Waals surface area contributed by atoms with Gasteiger partial charge < -0.3 is 14.6 Å². The topological polar surface area (TPSA) is 72.8 Å². The van der Waals surface area contributed by atoms with E-state index in [9.17, 15) is 14.7 Å². The second kappa shape index (κ2) is 31.8. The molecule has 0 rings (SSSR count). The van der Waals surface area contributed by atoms with Crippen molar-refractivity contribution in [1.82, 2.24) is 0 Å². The first kappa shape index (κ1) is 39.9. The van der Waals surface area contributed by atoms with Crippen LogP contribution in [-0.2, 0) is 19.1 Å². The Labute approximate surface area is 255 Å². The molecule has 0 aromatic rings. The van der Waals surface area contributed by atoms with E-state index in [1.807, 2.05) is 0 Å². The summed E-state index contributed by atoms with van der Waals surface area (Å²) in [5, 5.41) is 9.51. The molecule has 244 valence electrons. The summed E-state index contributed by atoms with van der Waals surface area (Å²) in [6, 6.07) is 0. The zero-order valence-electron chi connectivity index (χ0n) is 27.7. The fourth-order valence-electron chi connectivity index (χ4n) is 5.29. The minimum absolute atomic E-state index is 0.0584. The SMILES string of the molecule is CCCCCCCCCCCCCCCC(=O)OC[C@H](CO)OC(=O)CCCCCCCCCCCCC(C)CC. The Morgan fingerprint density at radius 1 is 0.561 bits per heavy atom. The van der Waals surface area contributed by atoms with Gasteiger partial charge in [0, 0.05) is 12.8 Å². The van der Waals surface area contributed by atoms with Gasteiger partial charge in [0.25, 0.3) is 0 Å². The molecule has 5 heteroatoms. The zero-order chi connectivity index (χ0) is 30.2. The molecule has 0 aliphatic heterocycles. The van der Waals surface area contributed by atoms with Gasteiger partial charge in [-0.1, -0.05) is 168 Å². The van der Waals surface area contributed by atoms with E-state index in [-0.39, 0.29) is 25.2 Å². The summed E-state index contributed by atoms with van der Waals surface area (Å²) in [7, 11) is 0. The fourth-order valence-corrected chi connectivity index (χ4v) is 5.29. The number of unbranched alkanes of at least 4 members (excludes halogenated alkanes) is 21. The largest absolute Gasteiger partial charge is 0.462 e. The summed E-state index contributed by atoms with van der Waals surface area (Å²) in [5.74, 6) is 0.297. The molecular weight excluding hydrogens is 512 g/mol. The highest BCUT2D eigenvalue weighted by Gasteiger charge is 2.16. The lowest BCUT2D eigenvalue weighted by atomic mass is 9.99. The molecule has 1 unspecified atom stereocenters. The van der Waals surface area contributed by atoms with Crippen LogP contribution in [0.25, 0.3) is 0 Å². The van der Waals surface area contributed by atoms with E-state index in [1.54, 1.807) is 0 Å². The molecule has 0 aromatic heterocycles. The third-order valence-corrected chi connectivity index (χ3v) is 8.44. The van der Waals surface area contributed by atoms with Crippen LogP contribution < -0.4 is 0 Å². The molecule has 0 radical (unpaired) electrons. The van der Waals surface area contributed by atoms with Crippen LogP contribution in [0, 0.1) is 5.92 Å². The van der Waals surface area contributed by atoms with Gasteiger partial charge in [0.05, 0.1) is 6.61 Å². The van der Waals surface area contributed by atoms with Gasteiger partial charge >= 0.3 is 11.9 Å². The highest BCUT2D eigenvalue weighted by molar-refractivity contribution is 5.70. The smallest absolute Gasteiger partial charge is 0.306 e. The molecule has 0 aliphatic carbocycles. The van der Waals surface area contributed by atoms with Crippen LogP contribution in [0.3, 0.4) is 0 Å². The van der Waals surface area contributed by atoms with Gasteiger partial charge in [-0.2, -0.15) is 0 Å². The first-order valence-electron chi connectivity index (χ1n) is 18.0.